The Hall–Kier alpha value is -0.540. The van der Waals surface area contributed by atoms with Crippen LogP contribution in [0.4, 0.5) is 0 Å². The van der Waals surface area contributed by atoms with Gasteiger partial charge in [0.25, 0.3) is 0 Å². The maximum atomic E-state index is 5.69. The highest BCUT2D eigenvalue weighted by atomic mass is 16.5. The van der Waals surface area contributed by atoms with Crippen LogP contribution in [0.3, 0.4) is 0 Å². The highest BCUT2D eigenvalue weighted by Crippen LogP contribution is 2.23. The van der Waals surface area contributed by atoms with Gasteiger partial charge >= 0.3 is 0 Å². The Morgan fingerprint density at radius 3 is 2.85 bits per heavy atom. The second-order valence-corrected chi connectivity index (χ2v) is 3.88. The number of ether oxygens (including phenoxy) is 1. The Morgan fingerprint density at radius 2 is 2.38 bits per heavy atom. The van der Waals surface area contributed by atoms with Crippen molar-refractivity contribution in [2.24, 2.45) is 11.7 Å². The first kappa shape index (κ1) is 10.5. The average molecular weight is 184 g/mol. The van der Waals surface area contributed by atoms with Crippen LogP contribution in [-0.2, 0) is 4.74 Å². The lowest BCUT2D eigenvalue weighted by Crippen LogP contribution is -2.29. The van der Waals surface area contributed by atoms with E-state index >= 15 is 0 Å². The molecule has 3 heteroatoms. The molecule has 1 atom stereocenters. The molecule has 0 aromatic heterocycles. The Morgan fingerprint density at radius 1 is 1.69 bits per heavy atom. The first-order valence-electron chi connectivity index (χ1n) is 4.84. The van der Waals surface area contributed by atoms with Crippen molar-refractivity contribution in [3.05, 3.63) is 11.8 Å². The van der Waals surface area contributed by atoms with Gasteiger partial charge in [0, 0.05) is 31.6 Å². The minimum absolute atomic E-state index is 0.488. The number of hydrogen-bond donors (Lipinski definition) is 1. The van der Waals surface area contributed by atoms with E-state index in [-0.39, 0.29) is 0 Å². The fraction of sp³-hybridized carbons (Fsp3) is 0.800. The molecule has 2 N–H and O–H groups in total. The summed E-state index contributed by atoms with van der Waals surface area (Å²) < 4.78 is 5.04. The Bertz CT molecular complexity index is 189. The third kappa shape index (κ3) is 2.45. The smallest absolute Gasteiger partial charge is 0.0833 e. The summed E-state index contributed by atoms with van der Waals surface area (Å²) in [5, 5.41) is 0. The summed E-state index contributed by atoms with van der Waals surface area (Å²) in [6.45, 7) is 7.22. The molecule has 1 unspecified atom stereocenters. The van der Waals surface area contributed by atoms with Crippen molar-refractivity contribution in [1.82, 2.24) is 4.90 Å². The highest BCUT2D eigenvalue weighted by Gasteiger charge is 2.27. The second kappa shape index (κ2) is 4.63. The van der Waals surface area contributed by atoms with E-state index in [4.69, 9.17) is 10.5 Å². The van der Waals surface area contributed by atoms with Crippen LogP contribution in [0.5, 0.6) is 0 Å². The number of rotatable bonds is 3. The van der Waals surface area contributed by atoms with Gasteiger partial charge < -0.3 is 10.5 Å². The molecule has 0 aliphatic carbocycles. The van der Waals surface area contributed by atoms with Gasteiger partial charge in [0.1, 0.15) is 0 Å². The lowest BCUT2D eigenvalue weighted by Gasteiger charge is -2.19. The predicted octanol–water partition coefficient (Wildman–Crippen LogP) is 0.816. The first-order valence-corrected chi connectivity index (χ1v) is 4.84. The van der Waals surface area contributed by atoms with Crippen LogP contribution in [-0.4, -0.2) is 37.7 Å². The van der Waals surface area contributed by atoms with Gasteiger partial charge in [0.2, 0.25) is 0 Å². The third-order valence-corrected chi connectivity index (χ3v) is 2.65. The number of likely N-dealkylation sites (tertiary alicyclic amines) is 1. The fourth-order valence-corrected chi connectivity index (χ4v) is 1.73. The van der Waals surface area contributed by atoms with Crippen LogP contribution < -0.4 is 5.73 Å². The topological polar surface area (TPSA) is 38.5 Å². The second-order valence-electron chi connectivity index (χ2n) is 3.88. The lowest BCUT2D eigenvalue weighted by atomic mass is 10.1. The van der Waals surface area contributed by atoms with E-state index in [1.165, 1.54) is 5.57 Å². The van der Waals surface area contributed by atoms with Crippen molar-refractivity contribution >= 4 is 0 Å². The maximum Gasteiger partial charge on any atom is 0.0833 e. The SMILES string of the molecule is CO/C=C1/CN(C(C)C)CC1CN. The average Bonchev–Trinajstić information content (AvgIpc) is 2.48. The molecule has 1 aliphatic rings. The molecule has 1 rings (SSSR count). The molecule has 1 fully saturated rings. The van der Waals surface area contributed by atoms with Crippen LogP contribution in [0.15, 0.2) is 11.8 Å². The van der Waals surface area contributed by atoms with E-state index < -0.39 is 0 Å². The maximum absolute atomic E-state index is 5.69. The predicted molar refractivity (Wildman–Crippen MR) is 54.3 cm³/mol. The summed E-state index contributed by atoms with van der Waals surface area (Å²) in [6, 6.07) is 0.594. The molecule has 0 saturated carbocycles. The standard InChI is InChI=1S/C10H20N2O/c1-8(2)12-5-9(4-11)10(6-12)7-13-3/h7-9H,4-6,11H2,1-3H3/b10-7-. The van der Waals surface area contributed by atoms with Gasteiger partial charge in [-0.2, -0.15) is 0 Å². The minimum atomic E-state index is 0.488. The largest absolute Gasteiger partial charge is 0.504 e. The van der Waals surface area contributed by atoms with Crippen molar-refractivity contribution in [2.75, 3.05) is 26.7 Å². The molecule has 1 aliphatic heterocycles. The Labute approximate surface area is 80.5 Å². The number of nitrogens with zero attached hydrogens (tertiary/aromatic N) is 1. The minimum Gasteiger partial charge on any atom is -0.504 e. The summed E-state index contributed by atoms with van der Waals surface area (Å²) >= 11 is 0. The van der Waals surface area contributed by atoms with E-state index in [1.54, 1.807) is 7.11 Å². The molecule has 0 amide bonds. The molecule has 0 radical (unpaired) electrons. The van der Waals surface area contributed by atoms with Crippen LogP contribution in [0.25, 0.3) is 0 Å². The van der Waals surface area contributed by atoms with Crippen molar-refractivity contribution in [3.8, 4) is 0 Å². The normalized spacial score (nSPS) is 27.5. The van der Waals surface area contributed by atoms with Crippen LogP contribution >= 0.6 is 0 Å². The Kier molecular flexibility index (Phi) is 3.75. The quantitative estimate of drug-likeness (QED) is 0.660. The molecular formula is C10H20N2O. The molecular weight excluding hydrogens is 164 g/mol. The summed E-state index contributed by atoms with van der Waals surface area (Å²) in [7, 11) is 1.69. The zero-order valence-corrected chi connectivity index (χ0v) is 8.79. The fourth-order valence-electron chi connectivity index (χ4n) is 1.73. The van der Waals surface area contributed by atoms with Crippen molar-refractivity contribution in [3.63, 3.8) is 0 Å². The highest BCUT2D eigenvalue weighted by molar-refractivity contribution is 5.13. The van der Waals surface area contributed by atoms with E-state index in [0.717, 1.165) is 19.6 Å². The van der Waals surface area contributed by atoms with Gasteiger partial charge in [-0.3, -0.25) is 4.90 Å². The molecule has 1 saturated heterocycles. The molecule has 3 nitrogen and oxygen atoms in total. The van der Waals surface area contributed by atoms with Crippen LogP contribution in [0.2, 0.25) is 0 Å². The zero-order chi connectivity index (χ0) is 9.84. The molecule has 76 valence electrons. The number of methoxy groups -OCH3 is 1. The van der Waals surface area contributed by atoms with Gasteiger partial charge in [-0.15, -0.1) is 0 Å². The van der Waals surface area contributed by atoms with E-state index in [0.29, 0.717) is 12.0 Å². The van der Waals surface area contributed by atoms with Crippen molar-refractivity contribution in [2.45, 2.75) is 19.9 Å². The van der Waals surface area contributed by atoms with Gasteiger partial charge in [0.15, 0.2) is 0 Å². The summed E-state index contributed by atoms with van der Waals surface area (Å²) in [6.07, 6.45) is 1.85. The van der Waals surface area contributed by atoms with Crippen LogP contribution in [0, 0.1) is 5.92 Å². The molecule has 0 aromatic carbocycles. The number of hydrogen-bond acceptors (Lipinski definition) is 3. The summed E-state index contributed by atoms with van der Waals surface area (Å²) in [5.74, 6) is 0.488. The van der Waals surface area contributed by atoms with Gasteiger partial charge in [-0.25, -0.2) is 0 Å². The van der Waals surface area contributed by atoms with E-state index in [1.807, 2.05) is 6.26 Å². The number of nitrogens with two attached hydrogens (primary N) is 1. The summed E-state index contributed by atoms with van der Waals surface area (Å²) in [4.78, 5) is 2.42. The van der Waals surface area contributed by atoms with Crippen molar-refractivity contribution in [1.29, 1.82) is 0 Å². The molecule has 1 heterocycles. The van der Waals surface area contributed by atoms with E-state index in [2.05, 4.69) is 18.7 Å². The molecule has 0 aromatic rings. The first-order chi connectivity index (χ1) is 6.19. The molecule has 0 spiro atoms. The third-order valence-electron chi connectivity index (χ3n) is 2.65. The summed E-state index contributed by atoms with van der Waals surface area (Å²) in [5.41, 5.74) is 7.03. The Balaban J connectivity index is 2.61. The van der Waals surface area contributed by atoms with Gasteiger partial charge in [-0.05, 0) is 19.4 Å². The molecule has 0 bridgehead atoms. The molecule has 13 heavy (non-hydrogen) atoms. The van der Waals surface area contributed by atoms with Gasteiger partial charge in [-0.1, -0.05) is 0 Å². The monoisotopic (exact) mass is 184 g/mol. The van der Waals surface area contributed by atoms with Crippen LogP contribution in [0.1, 0.15) is 13.8 Å². The zero-order valence-electron chi connectivity index (χ0n) is 8.79. The lowest BCUT2D eigenvalue weighted by molar-refractivity contribution is 0.267. The van der Waals surface area contributed by atoms with E-state index in [9.17, 15) is 0 Å². The van der Waals surface area contributed by atoms with Gasteiger partial charge in [0.05, 0.1) is 13.4 Å². The van der Waals surface area contributed by atoms with Crippen molar-refractivity contribution < 1.29 is 4.74 Å².